The second-order valence-corrected chi connectivity index (χ2v) is 7.17. The number of likely N-dealkylation sites (N-methyl/N-ethyl adjacent to an activating group) is 1. The molecule has 0 bridgehead atoms. The number of hydrogen-bond acceptors (Lipinski definition) is 4. The molecule has 3 nitrogen and oxygen atoms in total. The predicted molar refractivity (Wildman–Crippen MR) is 76.6 cm³/mol. The molecule has 100 valence electrons. The summed E-state index contributed by atoms with van der Waals surface area (Å²) in [5.74, 6) is 1.23. The summed E-state index contributed by atoms with van der Waals surface area (Å²) < 4.78 is 0. The smallest absolute Gasteiger partial charge is 0.0433 e. The van der Waals surface area contributed by atoms with E-state index in [0.29, 0.717) is 11.6 Å². The first-order valence-electron chi connectivity index (χ1n) is 6.88. The third kappa shape index (κ3) is 2.65. The number of nitrogens with two attached hydrogens (primary N) is 1. The minimum atomic E-state index is 0.290. The zero-order valence-electron chi connectivity index (χ0n) is 11.5. The molecule has 0 aromatic rings. The maximum absolute atomic E-state index is 6.11. The minimum absolute atomic E-state index is 0.290. The van der Waals surface area contributed by atoms with E-state index in [1.54, 1.807) is 0 Å². The van der Waals surface area contributed by atoms with Crippen LogP contribution >= 0.6 is 11.8 Å². The Balaban J connectivity index is 2.05. The van der Waals surface area contributed by atoms with E-state index < -0.39 is 0 Å². The second kappa shape index (κ2) is 5.47. The third-order valence-corrected chi connectivity index (χ3v) is 6.04. The van der Waals surface area contributed by atoms with Crippen LogP contribution in [0, 0.1) is 0 Å². The summed E-state index contributed by atoms with van der Waals surface area (Å²) in [5.41, 5.74) is 6.41. The molecule has 0 aromatic carbocycles. The van der Waals surface area contributed by atoms with Gasteiger partial charge in [-0.25, -0.2) is 0 Å². The Morgan fingerprint density at radius 3 is 2.71 bits per heavy atom. The summed E-state index contributed by atoms with van der Waals surface area (Å²) >= 11 is 2.10. The highest BCUT2D eigenvalue weighted by Crippen LogP contribution is 2.38. The Labute approximate surface area is 110 Å². The van der Waals surface area contributed by atoms with Crippen LogP contribution in [0.3, 0.4) is 0 Å². The average Bonchev–Trinajstić information content (AvgIpc) is 2.73. The highest BCUT2D eigenvalue weighted by atomic mass is 32.2. The number of piperazine rings is 1. The van der Waals surface area contributed by atoms with Crippen LogP contribution in [0.4, 0.5) is 0 Å². The molecule has 3 unspecified atom stereocenters. The molecule has 0 saturated carbocycles. The first kappa shape index (κ1) is 13.7. The van der Waals surface area contributed by atoms with Gasteiger partial charge in [0.05, 0.1) is 0 Å². The van der Waals surface area contributed by atoms with Gasteiger partial charge in [0.25, 0.3) is 0 Å². The molecule has 0 amide bonds. The van der Waals surface area contributed by atoms with Crippen molar-refractivity contribution in [2.24, 2.45) is 5.73 Å². The van der Waals surface area contributed by atoms with Crippen molar-refractivity contribution in [2.45, 2.75) is 43.5 Å². The van der Waals surface area contributed by atoms with Crippen molar-refractivity contribution in [3.63, 3.8) is 0 Å². The molecule has 2 aliphatic rings. The highest BCUT2D eigenvalue weighted by Gasteiger charge is 2.43. The summed E-state index contributed by atoms with van der Waals surface area (Å²) in [6, 6.07) is 0.716. The van der Waals surface area contributed by atoms with Gasteiger partial charge in [-0.15, -0.1) is 0 Å². The fourth-order valence-corrected chi connectivity index (χ4v) is 4.70. The van der Waals surface area contributed by atoms with Gasteiger partial charge in [-0.3, -0.25) is 4.90 Å². The van der Waals surface area contributed by atoms with E-state index in [9.17, 15) is 0 Å². The van der Waals surface area contributed by atoms with Gasteiger partial charge in [-0.1, -0.05) is 13.8 Å². The lowest BCUT2D eigenvalue weighted by atomic mass is 9.92. The normalized spacial score (nSPS) is 40.9. The Morgan fingerprint density at radius 2 is 2.18 bits per heavy atom. The third-order valence-electron chi connectivity index (χ3n) is 4.60. The van der Waals surface area contributed by atoms with E-state index in [0.717, 1.165) is 11.8 Å². The lowest BCUT2D eigenvalue weighted by Gasteiger charge is -2.48. The molecular weight excluding hydrogens is 230 g/mol. The first-order valence-corrected chi connectivity index (χ1v) is 7.93. The molecule has 0 spiro atoms. The van der Waals surface area contributed by atoms with Crippen molar-refractivity contribution in [2.75, 3.05) is 39.0 Å². The van der Waals surface area contributed by atoms with Crippen LogP contribution in [0.1, 0.15) is 26.7 Å². The molecule has 2 heterocycles. The van der Waals surface area contributed by atoms with Crippen LogP contribution in [-0.4, -0.2) is 65.6 Å². The van der Waals surface area contributed by atoms with Crippen molar-refractivity contribution < 1.29 is 0 Å². The predicted octanol–water partition coefficient (Wildman–Crippen LogP) is 1.24. The van der Waals surface area contributed by atoms with Gasteiger partial charge in [-0.05, 0) is 19.9 Å². The quantitative estimate of drug-likeness (QED) is 0.824. The van der Waals surface area contributed by atoms with Gasteiger partial charge in [0.2, 0.25) is 0 Å². The number of thioether (sulfide) groups is 1. The van der Waals surface area contributed by atoms with Crippen LogP contribution in [-0.2, 0) is 0 Å². The fraction of sp³-hybridized carbons (Fsp3) is 1.00. The van der Waals surface area contributed by atoms with Gasteiger partial charge in [0, 0.05) is 48.8 Å². The summed E-state index contributed by atoms with van der Waals surface area (Å²) in [5, 5.41) is 0.776. The Bertz CT molecular complexity index is 261. The van der Waals surface area contributed by atoms with Crippen molar-refractivity contribution in [3.8, 4) is 0 Å². The van der Waals surface area contributed by atoms with Gasteiger partial charge in [0.1, 0.15) is 0 Å². The monoisotopic (exact) mass is 257 g/mol. The summed E-state index contributed by atoms with van der Waals surface area (Å²) in [4.78, 5) is 5.20. The molecule has 3 atom stereocenters. The summed E-state index contributed by atoms with van der Waals surface area (Å²) in [6.45, 7) is 9.06. The van der Waals surface area contributed by atoms with E-state index >= 15 is 0 Å². The molecule has 4 heteroatoms. The lowest BCUT2D eigenvalue weighted by molar-refractivity contribution is 0.0224. The topological polar surface area (TPSA) is 32.5 Å². The van der Waals surface area contributed by atoms with Gasteiger partial charge in [0.15, 0.2) is 0 Å². The van der Waals surface area contributed by atoms with Crippen molar-refractivity contribution >= 4 is 11.8 Å². The fourth-order valence-electron chi connectivity index (χ4n) is 3.26. The molecule has 2 N–H and O–H groups in total. The number of rotatable bonds is 3. The van der Waals surface area contributed by atoms with Crippen LogP contribution in [0.15, 0.2) is 0 Å². The van der Waals surface area contributed by atoms with Gasteiger partial charge < -0.3 is 10.6 Å². The van der Waals surface area contributed by atoms with E-state index in [4.69, 9.17) is 5.73 Å². The number of nitrogens with zero attached hydrogens (tertiary/aromatic N) is 2. The van der Waals surface area contributed by atoms with Crippen molar-refractivity contribution in [1.29, 1.82) is 0 Å². The molecule has 2 fully saturated rings. The Kier molecular flexibility index (Phi) is 4.40. The van der Waals surface area contributed by atoms with Crippen LogP contribution < -0.4 is 5.73 Å². The van der Waals surface area contributed by atoms with Crippen LogP contribution in [0.2, 0.25) is 0 Å². The standard InChI is InChI=1S/C13H27N3S/c1-4-12-8-16(6-5-15(12)3)13(9-14)7-11(2)17-10-13/h11-12H,4-10,14H2,1-3H3. The zero-order valence-corrected chi connectivity index (χ0v) is 12.3. The lowest BCUT2D eigenvalue weighted by Crippen LogP contribution is -2.62. The SMILES string of the molecule is CCC1CN(C2(CN)CSC(C)C2)CCN1C. The maximum atomic E-state index is 6.11. The molecule has 17 heavy (non-hydrogen) atoms. The molecule has 0 aromatic heterocycles. The molecule has 2 rings (SSSR count). The summed E-state index contributed by atoms with van der Waals surface area (Å²) in [6.07, 6.45) is 2.52. The van der Waals surface area contributed by atoms with E-state index in [-0.39, 0.29) is 0 Å². The van der Waals surface area contributed by atoms with E-state index in [2.05, 4.69) is 42.5 Å². The van der Waals surface area contributed by atoms with Crippen molar-refractivity contribution in [1.82, 2.24) is 9.80 Å². The van der Waals surface area contributed by atoms with Crippen LogP contribution in [0.25, 0.3) is 0 Å². The largest absolute Gasteiger partial charge is 0.329 e. The van der Waals surface area contributed by atoms with E-state index in [1.807, 2.05) is 0 Å². The Morgan fingerprint density at radius 1 is 1.41 bits per heavy atom. The minimum Gasteiger partial charge on any atom is -0.329 e. The Hall–Kier alpha value is 0.230. The molecule has 2 saturated heterocycles. The summed E-state index contributed by atoms with van der Waals surface area (Å²) in [7, 11) is 2.26. The van der Waals surface area contributed by atoms with Gasteiger partial charge in [-0.2, -0.15) is 11.8 Å². The van der Waals surface area contributed by atoms with Crippen LogP contribution in [0.5, 0.6) is 0 Å². The molecular formula is C13H27N3S. The first-order chi connectivity index (χ1) is 8.11. The number of hydrogen-bond donors (Lipinski definition) is 1. The molecule has 0 radical (unpaired) electrons. The molecule has 0 aliphatic carbocycles. The van der Waals surface area contributed by atoms with E-state index in [1.165, 1.54) is 38.2 Å². The van der Waals surface area contributed by atoms with Gasteiger partial charge >= 0.3 is 0 Å². The second-order valence-electron chi connectivity index (χ2n) is 5.74. The molecule has 2 aliphatic heterocycles. The average molecular weight is 257 g/mol. The van der Waals surface area contributed by atoms with Crippen molar-refractivity contribution in [3.05, 3.63) is 0 Å². The highest BCUT2D eigenvalue weighted by molar-refractivity contribution is 8.00. The maximum Gasteiger partial charge on any atom is 0.0433 e. The zero-order chi connectivity index (χ0) is 12.5.